The van der Waals surface area contributed by atoms with Crippen molar-refractivity contribution < 1.29 is 45.9 Å². The van der Waals surface area contributed by atoms with Gasteiger partial charge in [-0.05, 0) is 65.3 Å². The average molecular weight is 467 g/mol. The molecular formula is C26H23F5LiNO. The van der Waals surface area contributed by atoms with Crippen LogP contribution in [0.15, 0.2) is 48.5 Å². The van der Waals surface area contributed by atoms with Gasteiger partial charge < -0.3 is 5.11 Å². The van der Waals surface area contributed by atoms with Crippen LogP contribution in [0.3, 0.4) is 0 Å². The van der Waals surface area contributed by atoms with Crippen LogP contribution in [0.5, 0.6) is 0 Å². The Bertz CT molecular complexity index is 1140. The van der Waals surface area contributed by atoms with E-state index >= 15 is 4.39 Å². The van der Waals surface area contributed by atoms with Crippen molar-refractivity contribution in [1.29, 1.82) is 0 Å². The van der Waals surface area contributed by atoms with Crippen molar-refractivity contribution in [1.82, 2.24) is 4.98 Å². The molecule has 4 rings (SSSR count). The Morgan fingerprint density at radius 2 is 1.62 bits per heavy atom. The predicted octanol–water partition coefficient (Wildman–Crippen LogP) is 3.83. The van der Waals surface area contributed by atoms with Gasteiger partial charge in [-0.3, -0.25) is 4.98 Å². The van der Waals surface area contributed by atoms with Crippen LogP contribution >= 0.6 is 0 Å². The van der Waals surface area contributed by atoms with Crippen LogP contribution in [0, 0.1) is 5.82 Å². The zero-order valence-electron chi connectivity index (χ0n) is 19.2. The Kier molecular flexibility index (Phi) is 7.91. The smallest absolute Gasteiger partial charge is 0.848 e. The zero-order valence-corrected chi connectivity index (χ0v) is 19.2. The second-order valence-electron chi connectivity index (χ2n) is 8.67. The predicted molar refractivity (Wildman–Crippen MR) is 114 cm³/mol. The minimum atomic E-state index is -4.53. The Hall–Kier alpha value is -2.20. The van der Waals surface area contributed by atoms with Crippen LogP contribution < -0.4 is 24.0 Å². The standard InChI is InChI=1S/C26H23F5NO.Li/c1-14(2)25-23(24(28)16-6-10-17(11-7-16)26(29,30)31)21(15-8-12-18(27)13-9-15)22-19(32-25)4-3-5-20(22)33;/h6-14,20,24H,3-5H2,1-2H3;/q-1;+1. The summed E-state index contributed by atoms with van der Waals surface area (Å²) in [5.41, 5.74) is 1.68. The molecule has 0 aliphatic heterocycles. The summed E-state index contributed by atoms with van der Waals surface area (Å²) >= 11 is 0. The number of alkyl halides is 4. The fourth-order valence-electron chi connectivity index (χ4n) is 4.45. The molecule has 1 aliphatic rings. The molecule has 2 atom stereocenters. The van der Waals surface area contributed by atoms with Crippen molar-refractivity contribution in [3.63, 3.8) is 0 Å². The third-order valence-electron chi connectivity index (χ3n) is 6.05. The summed E-state index contributed by atoms with van der Waals surface area (Å²) in [6, 6.07) is 9.40. The molecule has 1 heterocycles. The van der Waals surface area contributed by atoms with Gasteiger partial charge in [0, 0.05) is 11.3 Å². The summed E-state index contributed by atoms with van der Waals surface area (Å²) in [5, 5.41) is 13.0. The van der Waals surface area contributed by atoms with Crippen molar-refractivity contribution in [2.75, 3.05) is 0 Å². The number of rotatable bonds is 4. The maximum absolute atomic E-state index is 16.1. The van der Waals surface area contributed by atoms with Crippen molar-refractivity contribution in [2.45, 2.75) is 57.5 Å². The van der Waals surface area contributed by atoms with Crippen molar-refractivity contribution in [3.8, 4) is 11.1 Å². The molecule has 2 unspecified atom stereocenters. The largest absolute Gasteiger partial charge is 1.00 e. The molecule has 174 valence electrons. The van der Waals surface area contributed by atoms with E-state index in [0.717, 1.165) is 24.3 Å². The van der Waals surface area contributed by atoms with Gasteiger partial charge in [-0.25, -0.2) is 8.78 Å². The normalized spacial score (nSPS) is 16.7. The molecule has 0 fully saturated rings. The van der Waals surface area contributed by atoms with Gasteiger partial charge in [0.2, 0.25) is 0 Å². The Labute approximate surface area is 207 Å². The van der Waals surface area contributed by atoms with E-state index in [9.17, 15) is 22.7 Å². The SMILES string of the molecule is CC(C)c1nc2c(c(-c3ccc(F)cc3)c1C(F)c1ccc(C(F)(F)F)cc1)C([O-])CCC2.[Li+]. The molecular weight excluding hydrogens is 444 g/mol. The maximum Gasteiger partial charge on any atom is 1.00 e. The van der Waals surface area contributed by atoms with Crippen molar-refractivity contribution in [3.05, 3.63) is 88.0 Å². The molecule has 2 nitrogen and oxygen atoms in total. The van der Waals surface area contributed by atoms with Crippen LogP contribution in [0.1, 0.15) is 78.5 Å². The fourth-order valence-corrected chi connectivity index (χ4v) is 4.45. The first-order chi connectivity index (χ1) is 15.6. The van der Waals surface area contributed by atoms with Crippen molar-refractivity contribution in [2.24, 2.45) is 0 Å². The maximum atomic E-state index is 16.1. The molecule has 0 bridgehead atoms. The number of benzene rings is 2. The summed E-state index contributed by atoms with van der Waals surface area (Å²) in [6.45, 7) is 3.70. The number of hydrogen-bond acceptors (Lipinski definition) is 2. The van der Waals surface area contributed by atoms with Gasteiger partial charge in [0.15, 0.2) is 6.17 Å². The van der Waals surface area contributed by atoms with Gasteiger partial charge in [-0.1, -0.05) is 50.6 Å². The third-order valence-corrected chi connectivity index (χ3v) is 6.05. The first-order valence-corrected chi connectivity index (χ1v) is 10.9. The van der Waals surface area contributed by atoms with Crippen LogP contribution in [0.2, 0.25) is 0 Å². The third kappa shape index (κ3) is 5.07. The summed E-state index contributed by atoms with van der Waals surface area (Å²) < 4.78 is 68.8. The fraction of sp³-hybridized carbons (Fsp3) is 0.346. The number of pyridine rings is 1. The number of halogens is 5. The summed E-state index contributed by atoms with van der Waals surface area (Å²) in [6.07, 6.45) is -5.82. The van der Waals surface area contributed by atoms with E-state index in [4.69, 9.17) is 0 Å². The van der Waals surface area contributed by atoms with E-state index in [1.54, 1.807) is 0 Å². The van der Waals surface area contributed by atoms with Gasteiger partial charge >= 0.3 is 25.0 Å². The van der Waals surface area contributed by atoms with Crippen molar-refractivity contribution >= 4 is 0 Å². The molecule has 0 saturated heterocycles. The zero-order chi connectivity index (χ0) is 23.9. The Balaban J connectivity index is 0.00000324. The molecule has 0 amide bonds. The van der Waals surface area contributed by atoms with E-state index in [1.165, 1.54) is 24.3 Å². The second kappa shape index (κ2) is 10.2. The molecule has 8 heteroatoms. The second-order valence-corrected chi connectivity index (χ2v) is 8.67. The van der Waals surface area contributed by atoms with E-state index < -0.39 is 29.8 Å². The van der Waals surface area contributed by atoms with Gasteiger partial charge in [0.1, 0.15) is 5.82 Å². The first kappa shape index (κ1) is 26.4. The minimum absolute atomic E-state index is 0. The summed E-state index contributed by atoms with van der Waals surface area (Å²) in [7, 11) is 0. The van der Waals surface area contributed by atoms with Crippen LogP contribution in [-0.4, -0.2) is 4.98 Å². The molecule has 0 spiro atoms. The monoisotopic (exact) mass is 467 g/mol. The van der Waals surface area contributed by atoms with E-state index in [-0.39, 0.29) is 35.9 Å². The van der Waals surface area contributed by atoms with E-state index in [2.05, 4.69) is 4.98 Å². The quantitative estimate of drug-likeness (QED) is 0.432. The average Bonchev–Trinajstić information content (AvgIpc) is 2.77. The minimum Gasteiger partial charge on any atom is -0.848 e. The molecule has 1 aromatic heterocycles. The number of aryl methyl sites for hydroxylation is 1. The van der Waals surface area contributed by atoms with E-state index in [1.807, 2.05) is 13.8 Å². The van der Waals surface area contributed by atoms with Gasteiger partial charge in [0.25, 0.3) is 0 Å². The molecule has 0 saturated carbocycles. The van der Waals surface area contributed by atoms with E-state index in [0.29, 0.717) is 47.3 Å². The molecule has 0 N–H and O–H groups in total. The Morgan fingerprint density at radius 3 is 2.18 bits per heavy atom. The van der Waals surface area contributed by atoms with Crippen LogP contribution in [0.25, 0.3) is 11.1 Å². The molecule has 0 radical (unpaired) electrons. The summed E-state index contributed by atoms with van der Waals surface area (Å²) in [4.78, 5) is 4.68. The van der Waals surface area contributed by atoms with Gasteiger partial charge in [0.05, 0.1) is 11.3 Å². The molecule has 1 aliphatic carbocycles. The van der Waals surface area contributed by atoms with Gasteiger partial charge in [-0.15, -0.1) is 0 Å². The molecule has 34 heavy (non-hydrogen) atoms. The number of fused-ring (bicyclic) bond motifs is 1. The molecule has 2 aromatic carbocycles. The van der Waals surface area contributed by atoms with Gasteiger partial charge in [-0.2, -0.15) is 13.2 Å². The number of aromatic nitrogens is 1. The topological polar surface area (TPSA) is 36.0 Å². The van der Waals surface area contributed by atoms with Crippen LogP contribution in [-0.2, 0) is 12.6 Å². The number of nitrogens with zero attached hydrogens (tertiary/aromatic N) is 1. The summed E-state index contributed by atoms with van der Waals surface area (Å²) in [5.74, 6) is -0.672. The first-order valence-electron chi connectivity index (χ1n) is 10.9. The van der Waals surface area contributed by atoms with Crippen LogP contribution in [0.4, 0.5) is 22.0 Å². The number of hydrogen-bond donors (Lipinski definition) is 0. The Morgan fingerprint density at radius 1 is 1.00 bits per heavy atom. The molecule has 3 aromatic rings.